The van der Waals surface area contributed by atoms with Crippen molar-refractivity contribution in [3.05, 3.63) is 89.1 Å². The quantitative estimate of drug-likeness (QED) is 0.234. The number of fused-ring (bicyclic) bond motifs is 1. The molecular weight excluding hydrogens is 578 g/mol. The van der Waals surface area contributed by atoms with Crippen LogP contribution < -0.4 is 10.6 Å². The molecule has 2 fully saturated rings. The minimum absolute atomic E-state index is 0.0976. The fourth-order valence-electron chi connectivity index (χ4n) is 5.85. The lowest BCUT2D eigenvalue weighted by Gasteiger charge is -2.29. The van der Waals surface area contributed by atoms with Gasteiger partial charge in [-0.25, -0.2) is 14.8 Å². The van der Waals surface area contributed by atoms with Crippen molar-refractivity contribution in [3.63, 3.8) is 0 Å². The van der Waals surface area contributed by atoms with Crippen LogP contribution >= 0.6 is 0 Å². The Morgan fingerprint density at radius 3 is 2.49 bits per heavy atom. The van der Waals surface area contributed by atoms with Gasteiger partial charge in [0, 0.05) is 60.6 Å². The van der Waals surface area contributed by atoms with E-state index in [0.717, 1.165) is 5.56 Å². The third kappa shape index (κ3) is 6.40. The first-order valence-electron chi connectivity index (χ1n) is 14.6. The molecule has 1 unspecified atom stereocenters. The Morgan fingerprint density at radius 2 is 1.78 bits per heavy atom. The minimum Gasteiger partial charge on any atom is -0.444 e. The Kier molecular flexibility index (Phi) is 8.28. The SMILES string of the molecule is O=C1CCC(N2Cc3c(NC(=O)OCc4ccc(/N=C/C5C(=O)CC(c6ccccc6)CC5=O)nc4)cccc3C2=O)C(=O)N1. The number of amides is 4. The van der Waals surface area contributed by atoms with Crippen LogP contribution in [0.25, 0.3) is 0 Å². The Balaban J connectivity index is 1.02. The molecule has 12 heteroatoms. The first-order chi connectivity index (χ1) is 21.8. The van der Waals surface area contributed by atoms with Crippen molar-refractivity contribution in [2.45, 2.75) is 50.8 Å². The number of ketones is 2. The Hall–Kier alpha value is -5.52. The summed E-state index contributed by atoms with van der Waals surface area (Å²) in [4.78, 5) is 84.7. The van der Waals surface area contributed by atoms with Gasteiger partial charge in [-0.05, 0) is 36.1 Å². The van der Waals surface area contributed by atoms with Crippen molar-refractivity contribution >= 4 is 53.1 Å². The van der Waals surface area contributed by atoms with Gasteiger partial charge in [0.2, 0.25) is 11.8 Å². The van der Waals surface area contributed by atoms with Gasteiger partial charge >= 0.3 is 6.09 Å². The predicted octanol–water partition coefficient (Wildman–Crippen LogP) is 3.63. The summed E-state index contributed by atoms with van der Waals surface area (Å²) in [5.74, 6) is -2.29. The number of carbonyl (C=O) groups excluding carboxylic acids is 6. The topological polar surface area (TPSA) is 164 Å². The van der Waals surface area contributed by atoms with Crippen LogP contribution in [-0.4, -0.2) is 57.5 Å². The van der Waals surface area contributed by atoms with Crippen LogP contribution in [0.2, 0.25) is 0 Å². The number of pyridine rings is 1. The van der Waals surface area contributed by atoms with E-state index < -0.39 is 24.0 Å². The van der Waals surface area contributed by atoms with Crippen molar-refractivity contribution in [1.29, 1.82) is 0 Å². The molecule has 3 aromatic rings. The molecule has 0 spiro atoms. The smallest absolute Gasteiger partial charge is 0.411 e. The number of piperidine rings is 1. The molecule has 228 valence electrons. The highest BCUT2D eigenvalue weighted by molar-refractivity contribution is 6.16. The van der Waals surface area contributed by atoms with Gasteiger partial charge in [-0.3, -0.25) is 34.6 Å². The zero-order chi connectivity index (χ0) is 31.5. The molecule has 3 aliphatic rings. The van der Waals surface area contributed by atoms with Gasteiger partial charge in [0.15, 0.2) is 5.82 Å². The molecule has 2 N–H and O–H groups in total. The molecule has 4 amide bonds. The van der Waals surface area contributed by atoms with Crippen molar-refractivity contribution in [2.75, 3.05) is 5.32 Å². The highest BCUT2D eigenvalue weighted by Crippen LogP contribution is 2.33. The predicted molar refractivity (Wildman–Crippen MR) is 161 cm³/mol. The number of rotatable bonds is 7. The number of nitrogens with one attached hydrogen (secondary N) is 2. The highest BCUT2D eigenvalue weighted by atomic mass is 16.5. The summed E-state index contributed by atoms with van der Waals surface area (Å²) in [6, 6.07) is 16.9. The molecule has 12 nitrogen and oxygen atoms in total. The van der Waals surface area contributed by atoms with E-state index in [1.807, 2.05) is 30.3 Å². The molecule has 3 heterocycles. The second-order valence-electron chi connectivity index (χ2n) is 11.2. The second kappa shape index (κ2) is 12.6. The molecule has 0 bridgehead atoms. The number of nitrogens with zero attached hydrogens (tertiary/aromatic N) is 3. The molecule has 2 aliphatic heterocycles. The molecular formula is C33H29N5O7. The third-order valence-electron chi connectivity index (χ3n) is 8.21. The van der Waals surface area contributed by atoms with Crippen molar-refractivity contribution in [1.82, 2.24) is 15.2 Å². The van der Waals surface area contributed by atoms with Gasteiger partial charge in [0.1, 0.15) is 30.1 Å². The van der Waals surface area contributed by atoms with Crippen LogP contribution in [0.4, 0.5) is 16.3 Å². The van der Waals surface area contributed by atoms with Gasteiger partial charge in [-0.15, -0.1) is 0 Å². The zero-order valence-electron chi connectivity index (χ0n) is 24.1. The number of anilines is 1. The maximum atomic E-state index is 13.0. The Bertz CT molecular complexity index is 1700. The summed E-state index contributed by atoms with van der Waals surface area (Å²) in [6.07, 6.45) is 3.01. The molecule has 1 aliphatic carbocycles. The van der Waals surface area contributed by atoms with Crippen LogP contribution in [0.3, 0.4) is 0 Å². The molecule has 0 radical (unpaired) electrons. The van der Waals surface area contributed by atoms with Crippen LogP contribution in [0.15, 0.2) is 71.9 Å². The number of carbonyl (C=O) groups is 6. The zero-order valence-corrected chi connectivity index (χ0v) is 24.1. The molecule has 6 rings (SSSR count). The maximum absolute atomic E-state index is 13.0. The highest BCUT2D eigenvalue weighted by Gasteiger charge is 2.40. The van der Waals surface area contributed by atoms with Crippen molar-refractivity contribution < 1.29 is 33.5 Å². The molecule has 1 atom stereocenters. The van der Waals surface area contributed by atoms with E-state index in [4.69, 9.17) is 4.74 Å². The van der Waals surface area contributed by atoms with Gasteiger partial charge in [-0.1, -0.05) is 42.5 Å². The summed E-state index contributed by atoms with van der Waals surface area (Å²) in [5, 5.41) is 4.93. The fourth-order valence-corrected chi connectivity index (χ4v) is 5.85. The summed E-state index contributed by atoms with van der Waals surface area (Å²) in [6.45, 7) is 0.00804. The average molecular weight is 608 g/mol. The van der Waals surface area contributed by atoms with E-state index in [9.17, 15) is 28.8 Å². The molecule has 1 saturated carbocycles. The normalized spacial score (nSPS) is 21.6. The van der Waals surface area contributed by atoms with E-state index in [2.05, 4.69) is 20.6 Å². The maximum Gasteiger partial charge on any atom is 0.411 e. The average Bonchev–Trinajstić information content (AvgIpc) is 3.37. The first-order valence-corrected chi connectivity index (χ1v) is 14.6. The van der Waals surface area contributed by atoms with Crippen molar-refractivity contribution in [2.24, 2.45) is 10.9 Å². The number of aliphatic imine (C=N–C) groups is 1. The number of hydrogen-bond acceptors (Lipinski definition) is 9. The molecule has 45 heavy (non-hydrogen) atoms. The van der Waals surface area contributed by atoms with E-state index in [1.54, 1.807) is 30.3 Å². The van der Waals surface area contributed by atoms with Crippen LogP contribution in [0.5, 0.6) is 0 Å². The van der Waals surface area contributed by atoms with Crippen molar-refractivity contribution in [3.8, 4) is 0 Å². The lowest BCUT2D eigenvalue weighted by molar-refractivity contribution is -0.137. The monoisotopic (exact) mass is 607 g/mol. The number of aromatic nitrogens is 1. The molecule has 1 aromatic heterocycles. The minimum atomic E-state index is -0.899. The number of ether oxygens (including phenoxy) is 1. The summed E-state index contributed by atoms with van der Waals surface area (Å²) < 4.78 is 5.34. The van der Waals surface area contributed by atoms with Crippen LogP contribution in [-0.2, 0) is 37.1 Å². The number of benzene rings is 2. The van der Waals surface area contributed by atoms with Gasteiger partial charge in [0.05, 0.1) is 0 Å². The number of imide groups is 1. The first kappa shape index (κ1) is 29.5. The van der Waals surface area contributed by atoms with Crippen LogP contribution in [0.1, 0.15) is 58.6 Å². The van der Waals surface area contributed by atoms with Crippen LogP contribution in [0, 0.1) is 5.92 Å². The van der Waals surface area contributed by atoms with Gasteiger partial charge in [0.25, 0.3) is 5.91 Å². The van der Waals surface area contributed by atoms with E-state index >= 15 is 0 Å². The Morgan fingerprint density at radius 1 is 1.00 bits per heavy atom. The summed E-state index contributed by atoms with van der Waals surface area (Å²) in [7, 11) is 0. The standard InChI is InChI=1S/C33H29N5O7/c39-27-13-21(20-5-2-1-3-6-20)14-28(40)23(27)16-35-29-11-9-19(15-34-29)18-45-33(44)36-25-8-4-7-22-24(25)17-38(32(22)43)26-10-12-30(41)37-31(26)42/h1-9,11,15-16,21,23,26H,10,12-14,17-18H2,(H,36,44)(H,37,41,42)/b35-16+. The number of hydrogen-bond donors (Lipinski definition) is 2. The second-order valence-corrected chi connectivity index (χ2v) is 11.2. The number of Topliss-reactive ketones (excluding diaryl/α,β-unsaturated/α-hetero) is 2. The van der Waals surface area contributed by atoms with Gasteiger partial charge < -0.3 is 9.64 Å². The largest absolute Gasteiger partial charge is 0.444 e. The third-order valence-corrected chi connectivity index (χ3v) is 8.21. The van der Waals surface area contributed by atoms with Gasteiger partial charge in [-0.2, -0.15) is 0 Å². The molecule has 1 saturated heterocycles. The van der Waals surface area contributed by atoms with E-state index in [0.29, 0.717) is 28.2 Å². The fraction of sp³-hybridized carbons (Fsp3) is 0.273. The lowest BCUT2D eigenvalue weighted by atomic mass is 9.77. The summed E-state index contributed by atoms with van der Waals surface area (Å²) >= 11 is 0. The van der Waals surface area contributed by atoms with E-state index in [1.165, 1.54) is 17.3 Å². The molecule has 2 aromatic carbocycles. The summed E-state index contributed by atoms with van der Waals surface area (Å²) in [5.41, 5.74) is 2.86. The van der Waals surface area contributed by atoms with E-state index in [-0.39, 0.29) is 68.1 Å². The Labute approximate surface area is 257 Å². The lowest BCUT2D eigenvalue weighted by Crippen LogP contribution is -2.52.